The van der Waals surface area contributed by atoms with Crippen molar-refractivity contribution in [1.82, 2.24) is 0 Å². The van der Waals surface area contributed by atoms with Crippen LogP contribution >= 0.6 is 15.9 Å². The van der Waals surface area contributed by atoms with Gasteiger partial charge in [-0.05, 0) is 34.1 Å². The van der Waals surface area contributed by atoms with Crippen molar-refractivity contribution >= 4 is 22.2 Å². The number of halogens is 2. The predicted molar refractivity (Wildman–Crippen MR) is 98.9 cm³/mol. The standard InChI is InChI=1S/C20H13BrFNO2/c1-3-5-19(13(2)21)25-20-7-4-6-15(17(20)11-23)16-9-8-14(12-24)10-18(16)22/h3-10,12H,1-2H2. The molecule has 5 heteroatoms. The number of rotatable bonds is 6. The summed E-state index contributed by atoms with van der Waals surface area (Å²) in [5, 5.41) is 9.55. The van der Waals surface area contributed by atoms with Crippen LogP contribution < -0.4 is 4.74 Å². The third-order valence-corrected chi connectivity index (χ3v) is 3.70. The molecule has 25 heavy (non-hydrogen) atoms. The second-order valence-corrected chi connectivity index (χ2v) is 5.88. The number of nitriles is 1. The Hall–Kier alpha value is -2.97. The third kappa shape index (κ3) is 4.11. The average molecular weight is 398 g/mol. The number of benzene rings is 2. The quantitative estimate of drug-likeness (QED) is 0.365. The van der Waals surface area contributed by atoms with Crippen LogP contribution in [0.25, 0.3) is 11.1 Å². The van der Waals surface area contributed by atoms with E-state index in [4.69, 9.17) is 4.74 Å². The highest BCUT2D eigenvalue weighted by Gasteiger charge is 2.16. The molecule has 0 atom stereocenters. The van der Waals surface area contributed by atoms with Crippen molar-refractivity contribution in [1.29, 1.82) is 5.26 Å². The zero-order valence-electron chi connectivity index (χ0n) is 13.1. The number of nitrogens with zero attached hydrogens (tertiary/aromatic N) is 1. The summed E-state index contributed by atoms with van der Waals surface area (Å²) in [6, 6.07) is 11.0. The minimum Gasteiger partial charge on any atom is -0.455 e. The second-order valence-electron chi connectivity index (χ2n) is 4.92. The molecule has 0 radical (unpaired) electrons. The molecule has 0 aliphatic rings. The van der Waals surface area contributed by atoms with E-state index < -0.39 is 5.82 Å². The second kappa shape index (κ2) is 8.22. The van der Waals surface area contributed by atoms with Gasteiger partial charge in [0.15, 0.2) is 0 Å². The van der Waals surface area contributed by atoms with Crippen LogP contribution in [0.1, 0.15) is 15.9 Å². The lowest BCUT2D eigenvalue weighted by molar-refractivity contribution is 0.112. The minimum absolute atomic E-state index is 0.170. The number of carbonyl (C=O) groups excluding carboxylic acids is 1. The van der Waals surface area contributed by atoms with E-state index >= 15 is 0 Å². The first-order chi connectivity index (χ1) is 12.0. The summed E-state index contributed by atoms with van der Waals surface area (Å²) >= 11 is 3.23. The van der Waals surface area contributed by atoms with Gasteiger partial charge >= 0.3 is 0 Å². The molecule has 0 aliphatic heterocycles. The smallest absolute Gasteiger partial charge is 0.150 e. The molecule has 0 fully saturated rings. The number of hydrogen-bond acceptors (Lipinski definition) is 3. The first kappa shape index (κ1) is 18.4. The Morgan fingerprint density at radius 2 is 2.04 bits per heavy atom. The Balaban J connectivity index is 2.58. The van der Waals surface area contributed by atoms with Gasteiger partial charge in [-0.2, -0.15) is 5.26 Å². The van der Waals surface area contributed by atoms with Crippen LogP contribution in [0.2, 0.25) is 0 Å². The van der Waals surface area contributed by atoms with Crippen molar-refractivity contribution in [2.45, 2.75) is 0 Å². The van der Waals surface area contributed by atoms with Crippen molar-refractivity contribution in [3.8, 4) is 22.9 Å². The van der Waals surface area contributed by atoms with Crippen LogP contribution in [0.3, 0.4) is 0 Å². The highest BCUT2D eigenvalue weighted by atomic mass is 79.9. The minimum atomic E-state index is -0.593. The van der Waals surface area contributed by atoms with Gasteiger partial charge in [-0.25, -0.2) is 4.39 Å². The molecule has 0 aromatic heterocycles. The van der Waals surface area contributed by atoms with Crippen molar-refractivity contribution in [3.63, 3.8) is 0 Å². The molecular weight excluding hydrogens is 385 g/mol. The van der Waals surface area contributed by atoms with Crippen molar-refractivity contribution < 1.29 is 13.9 Å². The summed E-state index contributed by atoms with van der Waals surface area (Å²) in [6.45, 7) is 7.34. The number of ether oxygens (including phenoxy) is 1. The van der Waals surface area contributed by atoms with Crippen LogP contribution in [0.4, 0.5) is 4.39 Å². The molecule has 0 amide bonds. The normalized spacial score (nSPS) is 10.7. The van der Waals surface area contributed by atoms with E-state index in [1.54, 1.807) is 24.3 Å². The lowest BCUT2D eigenvalue weighted by atomic mass is 9.98. The predicted octanol–water partition coefficient (Wildman–Crippen LogP) is 5.53. The van der Waals surface area contributed by atoms with Gasteiger partial charge in [0.2, 0.25) is 0 Å². The Bertz CT molecular complexity index is 926. The number of allylic oxidation sites excluding steroid dienone is 3. The summed E-state index contributed by atoms with van der Waals surface area (Å²) in [4.78, 5) is 10.8. The van der Waals surface area contributed by atoms with E-state index in [-0.39, 0.29) is 22.4 Å². The van der Waals surface area contributed by atoms with Crippen LogP contribution in [0, 0.1) is 17.1 Å². The number of hydrogen-bond donors (Lipinski definition) is 0. The van der Waals surface area contributed by atoms with Crippen molar-refractivity contribution in [2.24, 2.45) is 0 Å². The topological polar surface area (TPSA) is 50.1 Å². The van der Waals surface area contributed by atoms with E-state index in [1.165, 1.54) is 18.2 Å². The SMILES string of the molecule is C=CC=C(Oc1cccc(-c2ccc(C=O)cc2F)c1C#N)C(=C)Br. The van der Waals surface area contributed by atoms with Crippen molar-refractivity contribution in [3.05, 3.63) is 88.9 Å². The molecular formula is C20H13BrFNO2. The zero-order valence-corrected chi connectivity index (χ0v) is 14.7. The summed E-state index contributed by atoms with van der Waals surface area (Å²) < 4.78 is 20.5. The summed E-state index contributed by atoms with van der Waals surface area (Å²) in [7, 11) is 0. The molecule has 0 heterocycles. The molecule has 2 rings (SSSR count). The zero-order chi connectivity index (χ0) is 18.4. The van der Waals surface area contributed by atoms with E-state index in [0.29, 0.717) is 22.1 Å². The molecule has 0 spiro atoms. The molecule has 0 saturated heterocycles. The summed E-state index contributed by atoms with van der Waals surface area (Å²) in [6.07, 6.45) is 3.67. The number of aldehydes is 1. The van der Waals surface area contributed by atoms with E-state index in [9.17, 15) is 14.4 Å². The molecule has 0 saturated carbocycles. The molecule has 0 aliphatic carbocycles. The van der Waals surface area contributed by atoms with Crippen LogP contribution in [0.5, 0.6) is 5.75 Å². The highest BCUT2D eigenvalue weighted by molar-refractivity contribution is 9.11. The van der Waals surface area contributed by atoms with Gasteiger partial charge in [0.05, 0.1) is 4.48 Å². The molecule has 0 unspecified atom stereocenters. The molecule has 124 valence electrons. The van der Waals surface area contributed by atoms with Crippen LogP contribution in [-0.2, 0) is 0 Å². The van der Waals surface area contributed by atoms with E-state index in [0.717, 1.165) is 6.07 Å². The molecule has 2 aromatic rings. The summed E-state index contributed by atoms with van der Waals surface area (Å²) in [5.74, 6) is 0.0398. The van der Waals surface area contributed by atoms with Gasteiger partial charge < -0.3 is 4.74 Å². The molecule has 0 bridgehead atoms. The largest absolute Gasteiger partial charge is 0.455 e. The van der Waals surface area contributed by atoms with Gasteiger partial charge in [-0.1, -0.05) is 43.5 Å². The van der Waals surface area contributed by atoms with E-state index in [1.807, 2.05) is 6.07 Å². The van der Waals surface area contributed by atoms with Gasteiger partial charge in [-0.3, -0.25) is 4.79 Å². The maximum Gasteiger partial charge on any atom is 0.150 e. The van der Waals surface area contributed by atoms with Crippen LogP contribution in [0.15, 0.2) is 71.9 Å². The molecule has 2 aromatic carbocycles. The highest BCUT2D eigenvalue weighted by Crippen LogP contribution is 2.34. The first-order valence-corrected chi connectivity index (χ1v) is 7.94. The molecule has 0 N–H and O–H groups in total. The summed E-state index contributed by atoms with van der Waals surface area (Å²) in [5.41, 5.74) is 0.968. The van der Waals surface area contributed by atoms with E-state index in [2.05, 4.69) is 29.1 Å². The first-order valence-electron chi connectivity index (χ1n) is 7.15. The monoisotopic (exact) mass is 397 g/mol. The Kier molecular flexibility index (Phi) is 6.04. The Labute approximate surface area is 153 Å². The Morgan fingerprint density at radius 3 is 2.60 bits per heavy atom. The molecule has 3 nitrogen and oxygen atoms in total. The maximum atomic E-state index is 14.3. The third-order valence-electron chi connectivity index (χ3n) is 3.31. The fourth-order valence-electron chi connectivity index (χ4n) is 2.18. The van der Waals surface area contributed by atoms with Crippen LogP contribution in [-0.4, -0.2) is 6.29 Å². The fourth-order valence-corrected chi connectivity index (χ4v) is 2.40. The average Bonchev–Trinajstić information content (AvgIpc) is 2.60. The number of carbonyl (C=O) groups is 1. The Morgan fingerprint density at radius 1 is 1.28 bits per heavy atom. The van der Waals surface area contributed by atoms with Gasteiger partial charge in [0, 0.05) is 16.7 Å². The van der Waals surface area contributed by atoms with Gasteiger partial charge in [0.1, 0.15) is 35.2 Å². The van der Waals surface area contributed by atoms with Gasteiger partial charge in [0.25, 0.3) is 0 Å². The van der Waals surface area contributed by atoms with Gasteiger partial charge in [-0.15, -0.1) is 0 Å². The lowest BCUT2D eigenvalue weighted by Crippen LogP contribution is -1.99. The fraction of sp³-hybridized carbons (Fsp3) is 0. The lowest BCUT2D eigenvalue weighted by Gasteiger charge is -2.13. The maximum absolute atomic E-state index is 14.3. The van der Waals surface area contributed by atoms with Crippen molar-refractivity contribution in [2.75, 3.05) is 0 Å².